The Morgan fingerprint density at radius 1 is 1.00 bits per heavy atom. The second-order valence-corrected chi connectivity index (χ2v) is 5.51. The predicted molar refractivity (Wildman–Crippen MR) is 84.8 cm³/mol. The van der Waals surface area contributed by atoms with Crippen molar-refractivity contribution in [1.29, 1.82) is 0 Å². The highest BCUT2D eigenvalue weighted by molar-refractivity contribution is 14.1. The lowest BCUT2D eigenvalue weighted by Gasteiger charge is -2.06. The van der Waals surface area contributed by atoms with Crippen LogP contribution in [0.1, 0.15) is 5.56 Å². The summed E-state index contributed by atoms with van der Waals surface area (Å²) < 4.78 is 1.26. The van der Waals surface area contributed by atoms with Gasteiger partial charge in [0, 0.05) is 27.5 Å². The number of fused-ring (bicyclic) bond motifs is 1. The molecule has 0 amide bonds. The molecule has 0 fully saturated rings. The maximum Gasteiger partial charge on any atom is 0.0457 e. The molecule has 3 aromatic rings. The van der Waals surface area contributed by atoms with Gasteiger partial charge < -0.3 is 10.3 Å². The SMILES string of the molecule is Ic1ccc(NCc2ccc3cc[nH]c3c2)cc1. The maximum atomic E-state index is 3.43. The molecule has 0 spiro atoms. The van der Waals surface area contributed by atoms with Gasteiger partial charge in [-0.05, 0) is 69.9 Å². The Kier molecular flexibility index (Phi) is 3.23. The van der Waals surface area contributed by atoms with Gasteiger partial charge >= 0.3 is 0 Å². The topological polar surface area (TPSA) is 27.8 Å². The lowest BCUT2D eigenvalue weighted by Crippen LogP contribution is -1.98. The molecule has 0 aliphatic rings. The normalized spacial score (nSPS) is 10.7. The standard InChI is InChI=1S/C15H13IN2/c16-13-3-5-14(6-4-13)18-10-11-1-2-12-7-8-17-15(12)9-11/h1-9,17-18H,10H2. The van der Waals surface area contributed by atoms with E-state index in [9.17, 15) is 0 Å². The molecule has 3 heteroatoms. The number of H-pyrrole nitrogens is 1. The summed E-state index contributed by atoms with van der Waals surface area (Å²) in [5.74, 6) is 0. The van der Waals surface area contributed by atoms with Crippen molar-refractivity contribution >= 4 is 39.2 Å². The van der Waals surface area contributed by atoms with E-state index >= 15 is 0 Å². The lowest BCUT2D eigenvalue weighted by molar-refractivity contribution is 1.15. The van der Waals surface area contributed by atoms with E-state index in [2.05, 4.69) is 81.4 Å². The van der Waals surface area contributed by atoms with E-state index in [4.69, 9.17) is 0 Å². The molecule has 1 aromatic heterocycles. The zero-order chi connectivity index (χ0) is 12.4. The van der Waals surface area contributed by atoms with Gasteiger partial charge in [0.25, 0.3) is 0 Å². The average molecular weight is 348 g/mol. The highest BCUT2D eigenvalue weighted by Gasteiger charge is 1.98. The van der Waals surface area contributed by atoms with E-state index in [1.165, 1.54) is 20.0 Å². The van der Waals surface area contributed by atoms with Crippen LogP contribution in [0.2, 0.25) is 0 Å². The minimum atomic E-state index is 0.843. The molecule has 18 heavy (non-hydrogen) atoms. The summed E-state index contributed by atoms with van der Waals surface area (Å²) in [7, 11) is 0. The summed E-state index contributed by atoms with van der Waals surface area (Å²) >= 11 is 2.31. The number of aromatic nitrogens is 1. The van der Waals surface area contributed by atoms with Crippen molar-refractivity contribution in [2.75, 3.05) is 5.32 Å². The van der Waals surface area contributed by atoms with E-state index < -0.39 is 0 Å². The van der Waals surface area contributed by atoms with Crippen molar-refractivity contribution in [2.24, 2.45) is 0 Å². The number of hydrogen-bond donors (Lipinski definition) is 2. The average Bonchev–Trinajstić information content (AvgIpc) is 2.85. The summed E-state index contributed by atoms with van der Waals surface area (Å²) in [6.45, 7) is 0.843. The Bertz CT molecular complexity index is 656. The number of hydrogen-bond acceptors (Lipinski definition) is 1. The number of rotatable bonds is 3. The van der Waals surface area contributed by atoms with Crippen LogP contribution in [0.15, 0.2) is 54.7 Å². The van der Waals surface area contributed by atoms with Gasteiger partial charge in [0.2, 0.25) is 0 Å². The maximum absolute atomic E-state index is 3.43. The molecule has 0 saturated heterocycles. The molecule has 0 radical (unpaired) electrons. The van der Waals surface area contributed by atoms with Crippen LogP contribution in [0.4, 0.5) is 5.69 Å². The minimum Gasteiger partial charge on any atom is -0.381 e. The van der Waals surface area contributed by atoms with Crippen molar-refractivity contribution in [3.05, 3.63) is 63.9 Å². The number of benzene rings is 2. The van der Waals surface area contributed by atoms with Crippen molar-refractivity contribution < 1.29 is 0 Å². The molecule has 0 unspecified atom stereocenters. The van der Waals surface area contributed by atoms with Gasteiger partial charge in [0.05, 0.1) is 0 Å². The van der Waals surface area contributed by atoms with Crippen molar-refractivity contribution in [2.45, 2.75) is 6.54 Å². The Morgan fingerprint density at radius 3 is 2.67 bits per heavy atom. The first kappa shape index (κ1) is 11.6. The Labute approximate surface area is 120 Å². The van der Waals surface area contributed by atoms with E-state index in [1.54, 1.807) is 0 Å². The second-order valence-electron chi connectivity index (χ2n) is 4.26. The third kappa shape index (κ3) is 2.51. The monoisotopic (exact) mass is 348 g/mol. The van der Waals surface area contributed by atoms with Crippen LogP contribution in [0.3, 0.4) is 0 Å². The van der Waals surface area contributed by atoms with Crippen LogP contribution >= 0.6 is 22.6 Å². The molecule has 0 atom stereocenters. The molecule has 2 aromatic carbocycles. The summed E-state index contributed by atoms with van der Waals surface area (Å²) in [4.78, 5) is 3.24. The van der Waals surface area contributed by atoms with Gasteiger partial charge in [0.15, 0.2) is 0 Å². The van der Waals surface area contributed by atoms with E-state index in [-0.39, 0.29) is 0 Å². The molecular weight excluding hydrogens is 335 g/mol. The first-order valence-electron chi connectivity index (χ1n) is 5.87. The number of nitrogens with one attached hydrogen (secondary N) is 2. The molecule has 0 saturated carbocycles. The quantitative estimate of drug-likeness (QED) is 0.676. The molecule has 2 nitrogen and oxygen atoms in total. The first-order valence-corrected chi connectivity index (χ1v) is 6.94. The minimum absolute atomic E-state index is 0.843. The smallest absolute Gasteiger partial charge is 0.0457 e. The van der Waals surface area contributed by atoms with Crippen LogP contribution in [0.25, 0.3) is 10.9 Å². The molecular formula is C15H13IN2. The van der Waals surface area contributed by atoms with Gasteiger partial charge in [-0.15, -0.1) is 0 Å². The van der Waals surface area contributed by atoms with Gasteiger partial charge in [-0.3, -0.25) is 0 Å². The highest BCUT2D eigenvalue weighted by Crippen LogP contribution is 2.16. The largest absolute Gasteiger partial charge is 0.381 e. The second kappa shape index (κ2) is 5.02. The van der Waals surface area contributed by atoms with E-state index in [1.807, 2.05) is 6.20 Å². The van der Waals surface area contributed by atoms with Crippen molar-refractivity contribution in [3.63, 3.8) is 0 Å². The molecule has 0 bridgehead atoms. The molecule has 90 valence electrons. The molecule has 3 rings (SSSR count). The van der Waals surface area contributed by atoms with Crippen LogP contribution in [-0.2, 0) is 6.54 Å². The Hall–Kier alpha value is -1.49. The summed E-state index contributed by atoms with van der Waals surface area (Å²) in [5.41, 5.74) is 3.63. The fourth-order valence-electron chi connectivity index (χ4n) is 1.98. The van der Waals surface area contributed by atoms with Crippen LogP contribution in [0, 0.1) is 3.57 Å². The van der Waals surface area contributed by atoms with Gasteiger partial charge in [-0.1, -0.05) is 12.1 Å². The van der Waals surface area contributed by atoms with E-state index in [0.29, 0.717) is 0 Å². The van der Waals surface area contributed by atoms with Crippen LogP contribution < -0.4 is 5.32 Å². The van der Waals surface area contributed by atoms with Gasteiger partial charge in [-0.2, -0.15) is 0 Å². The fourth-order valence-corrected chi connectivity index (χ4v) is 2.34. The number of halogens is 1. The van der Waals surface area contributed by atoms with Crippen LogP contribution in [0.5, 0.6) is 0 Å². The van der Waals surface area contributed by atoms with E-state index in [0.717, 1.165) is 12.2 Å². The fraction of sp³-hybridized carbons (Fsp3) is 0.0667. The summed E-state index contributed by atoms with van der Waals surface area (Å²) in [6, 6.07) is 17.0. The van der Waals surface area contributed by atoms with Gasteiger partial charge in [0.1, 0.15) is 0 Å². The zero-order valence-corrected chi connectivity index (χ0v) is 11.9. The number of aromatic amines is 1. The Balaban J connectivity index is 1.74. The highest BCUT2D eigenvalue weighted by atomic mass is 127. The number of anilines is 1. The summed E-state index contributed by atoms with van der Waals surface area (Å²) in [6.07, 6.45) is 1.97. The summed E-state index contributed by atoms with van der Waals surface area (Å²) in [5, 5.41) is 4.69. The third-order valence-electron chi connectivity index (χ3n) is 2.96. The molecule has 0 aliphatic carbocycles. The zero-order valence-electron chi connectivity index (χ0n) is 9.78. The van der Waals surface area contributed by atoms with Crippen molar-refractivity contribution in [3.8, 4) is 0 Å². The molecule has 0 aliphatic heterocycles. The third-order valence-corrected chi connectivity index (χ3v) is 3.68. The predicted octanol–water partition coefficient (Wildman–Crippen LogP) is 4.38. The Morgan fingerprint density at radius 2 is 1.83 bits per heavy atom. The molecule has 2 N–H and O–H groups in total. The van der Waals surface area contributed by atoms with Gasteiger partial charge in [-0.25, -0.2) is 0 Å². The van der Waals surface area contributed by atoms with Crippen molar-refractivity contribution in [1.82, 2.24) is 4.98 Å². The first-order chi connectivity index (χ1) is 8.81. The molecule has 1 heterocycles. The van der Waals surface area contributed by atoms with Crippen LogP contribution in [-0.4, -0.2) is 4.98 Å². The lowest BCUT2D eigenvalue weighted by atomic mass is 10.1.